The van der Waals surface area contributed by atoms with Gasteiger partial charge in [0.1, 0.15) is 11.6 Å². The summed E-state index contributed by atoms with van der Waals surface area (Å²) in [4.78, 5) is 35.2. The molecule has 3 unspecified atom stereocenters. The lowest BCUT2D eigenvalue weighted by Crippen LogP contribution is -2.53. The lowest BCUT2D eigenvalue weighted by atomic mass is 9.93. The Kier molecular flexibility index (Phi) is 6.67. The average Bonchev–Trinajstić information content (AvgIpc) is 3.15. The van der Waals surface area contributed by atoms with Crippen LogP contribution in [0.2, 0.25) is 0 Å². The normalized spacial score (nSPS) is 23.3. The Hall–Kier alpha value is -1.08. The largest absolute Gasteiger partial charge is 0.361 e. The summed E-state index contributed by atoms with van der Waals surface area (Å²) in [5.41, 5.74) is -0.764. The number of carbonyl (C=O) groups excluding carboxylic acids is 3. The topological polar surface area (TPSA) is 87.8 Å². The van der Waals surface area contributed by atoms with Crippen LogP contribution in [0.15, 0.2) is 0 Å². The first-order chi connectivity index (χ1) is 9.84. The molecule has 120 valence electrons. The Morgan fingerprint density at radius 1 is 1.38 bits per heavy atom. The minimum atomic E-state index is -0.764. The van der Waals surface area contributed by atoms with Crippen molar-refractivity contribution in [3.8, 4) is 0 Å². The van der Waals surface area contributed by atoms with E-state index in [1.807, 2.05) is 20.1 Å². The molecule has 3 atom stereocenters. The highest BCUT2D eigenvalue weighted by Crippen LogP contribution is 2.29. The summed E-state index contributed by atoms with van der Waals surface area (Å²) in [6.45, 7) is 6.12. The average molecular weight is 316 g/mol. The number of Topliss-reactive ketones (excluding diaryl/α,β-unsaturated/α-hetero) is 1. The van der Waals surface area contributed by atoms with Gasteiger partial charge in [0.25, 0.3) is 0 Å². The number of ketones is 1. The van der Waals surface area contributed by atoms with Crippen molar-refractivity contribution in [1.29, 1.82) is 0 Å². The van der Waals surface area contributed by atoms with Crippen LogP contribution in [-0.4, -0.2) is 54.4 Å². The summed E-state index contributed by atoms with van der Waals surface area (Å²) in [6, 6.07) is -1.21. The fraction of sp³-hybridized carbons (Fsp3) is 0.786. The van der Waals surface area contributed by atoms with Gasteiger partial charge < -0.3 is 15.4 Å². The SMILES string of the molecule is CSCC(NC=O)C(=O)NC(CC(C)C)C(=O)C1(C)CO1. The van der Waals surface area contributed by atoms with Gasteiger partial charge in [0, 0.05) is 5.75 Å². The number of ether oxygens (including phenoxy) is 1. The second-order valence-electron chi connectivity index (χ2n) is 5.87. The van der Waals surface area contributed by atoms with Crippen LogP contribution in [0.25, 0.3) is 0 Å². The van der Waals surface area contributed by atoms with Gasteiger partial charge in [-0.25, -0.2) is 0 Å². The number of rotatable bonds is 10. The molecule has 0 spiro atoms. The van der Waals surface area contributed by atoms with Crippen molar-refractivity contribution in [2.45, 2.75) is 44.9 Å². The molecule has 2 amide bonds. The number of epoxide rings is 1. The summed E-state index contributed by atoms with van der Waals surface area (Å²) in [6.07, 6.45) is 2.91. The van der Waals surface area contributed by atoms with Crippen molar-refractivity contribution < 1.29 is 19.1 Å². The molecule has 0 aromatic carbocycles. The maximum Gasteiger partial charge on any atom is 0.244 e. The Balaban J connectivity index is 2.72. The van der Waals surface area contributed by atoms with E-state index < -0.39 is 17.7 Å². The summed E-state index contributed by atoms with van der Waals surface area (Å²) in [5.74, 6) is 0.291. The third-order valence-electron chi connectivity index (χ3n) is 3.36. The van der Waals surface area contributed by atoms with Gasteiger partial charge in [-0.2, -0.15) is 11.8 Å². The summed E-state index contributed by atoms with van der Waals surface area (Å²) < 4.78 is 5.18. The van der Waals surface area contributed by atoms with Crippen LogP contribution in [-0.2, 0) is 19.1 Å². The minimum absolute atomic E-state index is 0.0986. The highest BCUT2D eigenvalue weighted by molar-refractivity contribution is 7.98. The molecule has 1 fully saturated rings. The van der Waals surface area contributed by atoms with E-state index in [1.54, 1.807) is 6.92 Å². The standard InChI is InChI=1S/C14H24N2O4S/c1-9(2)5-10(12(18)14(3)7-20-14)16-13(19)11(6-21-4)15-8-17/h8-11H,5-7H2,1-4H3,(H,15,17)(H,16,19). The van der Waals surface area contributed by atoms with Gasteiger partial charge >= 0.3 is 0 Å². The summed E-state index contributed by atoms with van der Waals surface area (Å²) in [7, 11) is 0. The predicted octanol–water partition coefficient (Wildman–Crippen LogP) is 0.353. The van der Waals surface area contributed by atoms with Crippen LogP contribution in [0.4, 0.5) is 0 Å². The Bertz CT molecular complexity index is 396. The van der Waals surface area contributed by atoms with E-state index in [4.69, 9.17) is 4.74 Å². The van der Waals surface area contributed by atoms with Crippen LogP contribution in [0.1, 0.15) is 27.2 Å². The van der Waals surface area contributed by atoms with E-state index in [0.29, 0.717) is 25.2 Å². The molecule has 0 aliphatic carbocycles. The van der Waals surface area contributed by atoms with Gasteiger partial charge in [-0.3, -0.25) is 14.4 Å². The minimum Gasteiger partial charge on any atom is -0.361 e. The number of amides is 2. The molecule has 0 bridgehead atoms. The fourth-order valence-electron chi connectivity index (χ4n) is 2.04. The van der Waals surface area contributed by atoms with Crippen LogP contribution >= 0.6 is 11.8 Å². The number of hydrogen-bond acceptors (Lipinski definition) is 5. The predicted molar refractivity (Wildman–Crippen MR) is 82.1 cm³/mol. The lowest BCUT2D eigenvalue weighted by molar-refractivity contribution is -0.131. The molecule has 2 N–H and O–H groups in total. The van der Waals surface area contributed by atoms with Gasteiger partial charge in [-0.1, -0.05) is 13.8 Å². The first-order valence-electron chi connectivity index (χ1n) is 7.01. The Morgan fingerprint density at radius 3 is 2.43 bits per heavy atom. The fourth-order valence-corrected chi connectivity index (χ4v) is 2.62. The maximum absolute atomic E-state index is 12.4. The highest BCUT2D eigenvalue weighted by Gasteiger charge is 2.50. The number of hydrogen-bond donors (Lipinski definition) is 2. The highest BCUT2D eigenvalue weighted by atomic mass is 32.2. The molecular formula is C14H24N2O4S. The van der Waals surface area contributed by atoms with Crippen molar-refractivity contribution in [1.82, 2.24) is 10.6 Å². The van der Waals surface area contributed by atoms with Gasteiger partial charge in [-0.15, -0.1) is 0 Å². The van der Waals surface area contributed by atoms with Crippen LogP contribution in [0, 0.1) is 5.92 Å². The van der Waals surface area contributed by atoms with Crippen molar-refractivity contribution in [3.05, 3.63) is 0 Å². The summed E-state index contributed by atoms with van der Waals surface area (Å²) in [5, 5.41) is 5.24. The quantitative estimate of drug-likeness (QED) is 0.449. The van der Waals surface area contributed by atoms with Gasteiger partial charge in [0.05, 0.1) is 12.6 Å². The molecular weight excluding hydrogens is 292 g/mol. The zero-order valence-corrected chi connectivity index (χ0v) is 13.8. The monoisotopic (exact) mass is 316 g/mol. The zero-order chi connectivity index (χ0) is 16.0. The second kappa shape index (κ2) is 7.79. The van der Waals surface area contributed by atoms with Gasteiger partial charge in [-0.05, 0) is 25.5 Å². The number of thioether (sulfide) groups is 1. The zero-order valence-electron chi connectivity index (χ0n) is 13.0. The molecule has 0 aromatic heterocycles. The van der Waals surface area contributed by atoms with Crippen LogP contribution in [0.3, 0.4) is 0 Å². The molecule has 1 saturated heterocycles. The van der Waals surface area contributed by atoms with E-state index in [9.17, 15) is 14.4 Å². The molecule has 21 heavy (non-hydrogen) atoms. The van der Waals surface area contributed by atoms with Crippen molar-refractivity contribution >= 4 is 29.9 Å². The Labute approximate surface area is 129 Å². The number of carbonyl (C=O) groups is 3. The molecule has 6 nitrogen and oxygen atoms in total. The molecule has 1 aliphatic heterocycles. The maximum atomic E-state index is 12.4. The summed E-state index contributed by atoms with van der Waals surface area (Å²) >= 11 is 1.45. The van der Waals surface area contributed by atoms with Crippen LogP contribution in [0.5, 0.6) is 0 Å². The van der Waals surface area contributed by atoms with E-state index in [0.717, 1.165) is 0 Å². The smallest absolute Gasteiger partial charge is 0.244 e. The molecule has 7 heteroatoms. The van der Waals surface area contributed by atoms with Gasteiger partial charge in [0.15, 0.2) is 5.78 Å². The molecule has 1 rings (SSSR count). The molecule has 0 aromatic rings. The number of nitrogens with one attached hydrogen (secondary N) is 2. The van der Waals surface area contributed by atoms with E-state index >= 15 is 0 Å². The molecule has 0 saturated carbocycles. The van der Waals surface area contributed by atoms with Crippen molar-refractivity contribution in [3.63, 3.8) is 0 Å². The second-order valence-corrected chi connectivity index (χ2v) is 6.78. The van der Waals surface area contributed by atoms with Crippen molar-refractivity contribution in [2.24, 2.45) is 5.92 Å². The Morgan fingerprint density at radius 2 is 2.00 bits per heavy atom. The lowest BCUT2D eigenvalue weighted by Gasteiger charge is -2.24. The molecule has 1 heterocycles. The van der Waals surface area contributed by atoms with E-state index in [2.05, 4.69) is 10.6 Å². The molecule has 0 radical (unpaired) electrons. The van der Waals surface area contributed by atoms with E-state index in [1.165, 1.54) is 11.8 Å². The van der Waals surface area contributed by atoms with Crippen molar-refractivity contribution in [2.75, 3.05) is 18.6 Å². The third-order valence-corrected chi connectivity index (χ3v) is 4.02. The van der Waals surface area contributed by atoms with E-state index in [-0.39, 0.29) is 17.6 Å². The first-order valence-corrected chi connectivity index (χ1v) is 8.40. The van der Waals surface area contributed by atoms with Gasteiger partial charge in [0.2, 0.25) is 12.3 Å². The third kappa shape index (κ3) is 5.32. The first kappa shape index (κ1) is 18.0. The van der Waals surface area contributed by atoms with Crippen LogP contribution < -0.4 is 10.6 Å². The molecule has 1 aliphatic rings.